The fourth-order valence-electron chi connectivity index (χ4n) is 3.06. The highest BCUT2D eigenvalue weighted by Gasteiger charge is 2.28. The molecule has 116 valence electrons. The standard InChI is InChI=1S/C18H26FNO/c1-18(2,3)15-8-11-20(12-9-15)13-10-17(21)14-4-6-16(19)7-5-14/h4-7,15H,8-13H2,1-3H3. The molecule has 0 aromatic heterocycles. The lowest BCUT2D eigenvalue weighted by Gasteiger charge is -2.38. The zero-order valence-electron chi connectivity index (χ0n) is 13.4. The van der Waals surface area contributed by atoms with Crippen LogP contribution in [0.15, 0.2) is 24.3 Å². The van der Waals surface area contributed by atoms with Crippen LogP contribution in [0.3, 0.4) is 0 Å². The summed E-state index contributed by atoms with van der Waals surface area (Å²) in [5, 5.41) is 0. The average Bonchev–Trinajstić information content (AvgIpc) is 2.45. The van der Waals surface area contributed by atoms with Crippen molar-refractivity contribution in [1.29, 1.82) is 0 Å². The summed E-state index contributed by atoms with van der Waals surface area (Å²) in [6.45, 7) is 9.91. The Morgan fingerprint density at radius 1 is 1.19 bits per heavy atom. The average molecular weight is 291 g/mol. The van der Waals surface area contributed by atoms with Crippen molar-refractivity contribution in [2.45, 2.75) is 40.0 Å². The molecule has 0 unspecified atom stereocenters. The van der Waals surface area contributed by atoms with Gasteiger partial charge in [-0.15, -0.1) is 0 Å². The van der Waals surface area contributed by atoms with Gasteiger partial charge in [0.25, 0.3) is 0 Å². The molecule has 1 aliphatic heterocycles. The van der Waals surface area contributed by atoms with Gasteiger partial charge in [-0.1, -0.05) is 20.8 Å². The van der Waals surface area contributed by atoms with Crippen LogP contribution in [0.4, 0.5) is 4.39 Å². The molecule has 2 rings (SSSR count). The van der Waals surface area contributed by atoms with Gasteiger partial charge in [0.2, 0.25) is 0 Å². The van der Waals surface area contributed by atoms with E-state index in [9.17, 15) is 9.18 Å². The molecule has 0 N–H and O–H groups in total. The van der Waals surface area contributed by atoms with Crippen molar-refractivity contribution < 1.29 is 9.18 Å². The normalized spacial score (nSPS) is 17.9. The van der Waals surface area contributed by atoms with Crippen molar-refractivity contribution in [2.24, 2.45) is 11.3 Å². The molecule has 21 heavy (non-hydrogen) atoms. The number of halogens is 1. The van der Waals surface area contributed by atoms with Crippen molar-refractivity contribution in [3.63, 3.8) is 0 Å². The van der Waals surface area contributed by atoms with Gasteiger partial charge < -0.3 is 4.90 Å². The first-order valence-corrected chi connectivity index (χ1v) is 7.87. The number of likely N-dealkylation sites (tertiary alicyclic amines) is 1. The maximum absolute atomic E-state index is 12.8. The van der Waals surface area contributed by atoms with E-state index in [1.807, 2.05) is 0 Å². The Morgan fingerprint density at radius 2 is 1.76 bits per heavy atom. The smallest absolute Gasteiger partial charge is 0.164 e. The first kappa shape index (κ1) is 16.2. The van der Waals surface area contributed by atoms with Crippen LogP contribution in [0.5, 0.6) is 0 Å². The van der Waals surface area contributed by atoms with Crippen molar-refractivity contribution in [1.82, 2.24) is 4.90 Å². The first-order valence-electron chi connectivity index (χ1n) is 7.87. The number of hydrogen-bond donors (Lipinski definition) is 0. The Balaban J connectivity index is 1.77. The van der Waals surface area contributed by atoms with Crippen molar-refractivity contribution in [2.75, 3.05) is 19.6 Å². The number of nitrogens with zero attached hydrogens (tertiary/aromatic N) is 1. The van der Waals surface area contributed by atoms with E-state index in [0.717, 1.165) is 25.6 Å². The summed E-state index contributed by atoms with van der Waals surface area (Å²) in [6, 6.07) is 5.84. The minimum Gasteiger partial charge on any atom is -0.303 e. The van der Waals surface area contributed by atoms with Crippen LogP contribution >= 0.6 is 0 Å². The van der Waals surface area contributed by atoms with E-state index >= 15 is 0 Å². The van der Waals surface area contributed by atoms with Gasteiger partial charge in [0, 0.05) is 18.5 Å². The molecule has 0 saturated carbocycles. The predicted molar refractivity (Wildman–Crippen MR) is 84.0 cm³/mol. The molecule has 0 bridgehead atoms. The summed E-state index contributed by atoms with van der Waals surface area (Å²) in [5.41, 5.74) is 0.997. The Morgan fingerprint density at radius 3 is 2.29 bits per heavy atom. The maximum Gasteiger partial charge on any atom is 0.164 e. The Labute approximate surface area is 127 Å². The monoisotopic (exact) mass is 291 g/mol. The predicted octanol–water partition coefficient (Wildman–Crippen LogP) is 4.16. The third-order valence-corrected chi connectivity index (χ3v) is 4.63. The zero-order chi connectivity index (χ0) is 15.5. The molecule has 1 fully saturated rings. The lowest BCUT2D eigenvalue weighted by atomic mass is 9.75. The van der Waals surface area contributed by atoms with Crippen molar-refractivity contribution in [3.8, 4) is 0 Å². The lowest BCUT2D eigenvalue weighted by Crippen LogP contribution is -2.38. The van der Waals surface area contributed by atoms with Crippen LogP contribution in [0.25, 0.3) is 0 Å². The summed E-state index contributed by atoms with van der Waals surface area (Å²) in [7, 11) is 0. The molecule has 1 aromatic carbocycles. The van der Waals surface area contributed by atoms with Crippen LogP contribution < -0.4 is 0 Å². The van der Waals surface area contributed by atoms with Crippen LogP contribution in [-0.2, 0) is 0 Å². The minimum atomic E-state index is -0.296. The van der Waals surface area contributed by atoms with Crippen LogP contribution in [-0.4, -0.2) is 30.3 Å². The Bertz CT molecular complexity index is 467. The second-order valence-electron chi connectivity index (χ2n) is 7.16. The van der Waals surface area contributed by atoms with Gasteiger partial charge in [-0.25, -0.2) is 4.39 Å². The molecule has 0 aliphatic carbocycles. The zero-order valence-corrected chi connectivity index (χ0v) is 13.4. The first-order chi connectivity index (χ1) is 9.86. The Hall–Kier alpha value is -1.22. The highest BCUT2D eigenvalue weighted by Crippen LogP contribution is 2.34. The van der Waals surface area contributed by atoms with E-state index in [2.05, 4.69) is 25.7 Å². The fraction of sp³-hybridized carbons (Fsp3) is 0.611. The summed E-state index contributed by atoms with van der Waals surface area (Å²) >= 11 is 0. The molecule has 2 nitrogen and oxygen atoms in total. The molecular weight excluding hydrogens is 265 g/mol. The summed E-state index contributed by atoms with van der Waals surface area (Å²) in [5.74, 6) is 0.588. The van der Waals surface area contributed by atoms with Gasteiger partial charge in [0.1, 0.15) is 5.82 Å². The van der Waals surface area contributed by atoms with Crippen LogP contribution in [0.2, 0.25) is 0 Å². The number of carbonyl (C=O) groups is 1. The topological polar surface area (TPSA) is 20.3 Å². The number of rotatable bonds is 4. The van der Waals surface area contributed by atoms with Gasteiger partial charge in [-0.05, 0) is 61.5 Å². The highest BCUT2D eigenvalue weighted by molar-refractivity contribution is 5.96. The number of Topliss-reactive ketones (excluding diaryl/α,β-unsaturated/α-hetero) is 1. The molecule has 0 spiro atoms. The quantitative estimate of drug-likeness (QED) is 0.776. The van der Waals surface area contributed by atoms with E-state index in [-0.39, 0.29) is 11.6 Å². The van der Waals surface area contributed by atoms with E-state index < -0.39 is 0 Å². The number of benzene rings is 1. The summed E-state index contributed by atoms with van der Waals surface area (Å²) < 4.78 is 12.8. The second-order valence-corrected chi connectivity index (χ2v) is 7.16. The number of hydrogen-bond acceptors (Lipinski definition) is 2. The van der Waals surface area contributed by atoms with Crippen LogP contribution in [0, 0.1) is 17.2 Å². The molecule has 0 amide bonds. The molecule has 0 atom stereocenters. The number of carbonyl (C=O) groups excluding carboxylic acids is 1. The fourth-order valence-corrected chi connectivity index (χ4v) is 3.06. The molecule has 1 saturated heterocycles. The van der Waals surface area contributed by atoms with Gasteiger partial charge in [0.05, 0.1) is 0 Å². The van der Waals surface area contributed by atoms with E-state index in [1.165, 1.54) is 25.0 Å². The van der Waals surface area contributed by atoms with Crippen LogP contribution in [0.1, 0.15) is 50.4 Å². The van der Waals surface area contributed by atoms with Crippen molar-refractivity contribution in [3.05, 3.63) is 35.6 Å². The lowest BCUT2D eigenvalue weighted by molar-refractivity contribution is 0.0902. The number of ketones is 1. The maximum atomic E-state index is 12.8. The third kappa shape index (κ3) is 4.63. The molecule has 0 radical (unpaired) electrons. The van der Waals surface area contributed by atoms with E-state index in [0.29, 0.717) is 17.4 Å². The van der Waals surface area contributed by atoms with Gasteiger partial charge in [-0.3, -0.25) is 4.79 Å². The largest absolute Gasteiger partial charge is 0.303 e. The van der Waals surface area contributed by atoms with Gasteiger partial charge >= 0.3 is 0 Å². The van der Waals surface area contributed by atoms with Crippen molar-refractivity contribution >= 4 is 5.78 Å². The van der Waals surface area contributed by atoms with Gasteiger partial charge in [0.15, 0.2) is 5.78 Å². The molecule has 1 heterocycles. The SMILES string of the molecule is CC(C)(C)C1CCN(CCC(=O)c2ccc(F)cc2)CC1. The molecular formula is C18H26FNO. The Kier molecular flexibility index (Phi) is 5.15. The molecule has 3 heteroatoms. The summed E-state index contributed by atoms with van der Waals surface area (Å²) in [6.07, 6.45) is 2.95. The molecule has 1 aliphatic rings. The van der Waals surface area contributed by atoms with Gasteiger partial charge in [-0.2, -0.15) is 0 Å². The third-order valence-electron chi connectivity index (χ3n) is 4.63. The highest BCUT2D eigenvalue weighted by atomic mass is 19.1. The second kappa shape index (κ2) is 6.69. The minimum absolute atomic E-state index is 0.105. The van der Waals surface area contributed by atoms with E-state index in [1.54, 1.807) is 12.1 Å². The number of piperidine rings is 1. The summed E-state index contributed by atoms with van der Waals surface area (Å²) in [4.78, 5) is 14.5. The van der Waals surface area contributed by atoms with E-state index in [4.69, 9.17) is 0 Å². The molecule has 1 aromatic rings.